The summed E-state index contributed by atoms with van der Waals surface area (Å²) in [5.41, 5.74) is 8.56. The Hall–Kier alpha value is -1.53. The van der Waals surface area contributed by atoms with E-state index in [1.807, 2.05) is 0 Å². The molecule has 192 valence electrons. The van der Waals surface area contributed by atoms with E-state index in [2.05, 4.69) is 134 Å². The fourth-order valence-corrected chi connectivity index (χ4v) is 5.25. The average Bonchev–Trinajstić information content (AvgIpc) is 3.13. The smallest absolute Gasteiger partial charge is 1.00 e. The van der Waals surface area contributed by atoms with Crippen molar-refractivity contribution in [2.24, 2.45) is 0 Å². The third-order valence-electron chi connectivity index (χ3n) is 6.18. The monoisotopic (exact) mass is 572 g/mol. The van der Waals surface area contributed by atoms with Gasteiger partial charge in [0.25, 0.3) is 0 Å². The van der Waals surface area contributed by atoms with Crippen LogP contribution in [0.1, 0.15) is 101 Å². The Morgan fingerprint density at radius 1 is 0.706 bits per heavy atom. The van der Waals surface area contributed by atoms with Gasteiger partial charge in [-0.2, -0.15) is 0 Å². The van der Waals surface area contributed by atoms with Gasteiger partial charge in [0.15, 0.2) is 0 Å². The van der Waals surface area contributed by atoms with E-state index in [0.29, 0.717) is 23.7 Å². The van der Waals surface area contributed by atoms with Crippen LogP contribution in [0, 0.1) is 6.92 Å². The molecule has 0 spiro atoms. The van der Waals surface area contributed by atoms with Crippen LogP contribution in [0.4, 0.5) is 11.4 Å². The van der Waals surface area contributed by atoms with Gasteiger partial charge in [-0.3, -0.25) is 0 Å². The van der Waals surface area contributed by atoms with Gasteiger partial charge in [-0.1, -0.05) is 0 Å². The quantitative estimate of drug-likeness (QED) is 0.349. The molecule has 1 aliphatic rings. The summed E-state index contributed by atoms with van der Waals surface area (Å²) in [4.78, 5) is 5.04. The molecule has 2 nitrogen and oxygen atoms in total. The van der Waals surface area contributed by atoms with E-state index in [1.165, 1.54) is 43.9 Å². The van der Waals surface area contributed by atoms with Crippen molar-refractivity contribution in [3.05, 3.63) is 78.2 Å². The first-order chi connectivity index (χ1) is 15.6. The van der Waals surface area contributed by atoms with Crippen LogP contribution in [0.5, 0.6) is 0 Å². The zero-order chi connectivity index (χ0) is 24.9. The summed E-state index contributed by atoms with van der Waals surface area (Å²) in [6.07, 6.45) is 1.50. The summed E-state index contributed by atoms with van der Waals surface area (Å²) in [7, 11) is 0. The molecule has 1 aliphatic heterocycles. The molecule has 0 radical (unpaired) electrons. The van der Waals surface area contributed by atoms with Gasteiger partial charge in [0.05, 0.1) is 0 Å². The minimum Gasteiger partial charge on any atom is -1.00 e. The van der Waals surface area contributed by atoms with Gasteiger partial charge in [0, 0.05) is 0 Å². The molecule has 4 heteroatoms. The van der Waals surface area contributed by atoms with Crippen molar-refractivity contribution in [1.82, 2.24) is 0 Å². The number of allylic oxidation sites excluding steroid dienone is 1. The van der Waals surface area contributed by atoms with Crippen molar-refractivity contribution >= 4 is 15.6 Å². The maximum atomic E-state index is 3.70. The van der Waals surface area contributed by atoms with Crippen LogP contribution in [0.25, 0.3) is 0 Å². The van der Waals surface area contributed by atoms with Crippen LogP contribution >= 0.6 is 0 Å². The molecule has 0 amide bonds. The van der Waals surface area contributed by atoms with Crippen LogP contribution in [0.2, 0.25) is 0 Å². The molecule has 2 aromatic carbocycles. The van der Waals surface area contributed by atoms with Crippen LogP contribution in [-0.4, -0.2) is 17.3 Å². The van der Waals surface area contributed by atoms with Crippen LogP contribution in [0.15, 0.2) is 49.1 Å². The fraction of sp³-hybridized carbons (Fsp3) is 0.467. The molecule has 1 saturated heterocycles. The second kappa shape index (κ2) is 13.5. The molecule has 1 heterocycles. The Morgan fingerprint density at radius 2 is 0.941 bits per heavy atom. The SMILES string of the molecule is C=C[CH2-].CC(C)c1cccc(C(C)C)c1N1CCN(c2c(C(C)C)cccc2C(C)C)[C]1=[Pd].[Cl-]. The summed E-state index contributed by atoms with van der Waals surface area (Å²) in [5.74, 6) is 1.97. The number of halogens is 1. The molecule has 0 bridgehead atoms. The number of benzene rings is 2. The summed E-state index contributed by atoms with van der Waals surface area (Å²) in [5, 5.41) is 0. The largest absolute Gasteiger partial charge is 1.00 e. The normalized spacial score (nSPS) is 13.5. The second-order valence-corrected chi connectivity index (χ2v) is 10.7. The van der Waals surface area contributed by atoms with Gasteiger partial charge in [0.1, 0.15) is 0 Å². The van der Waals surface area contributed by atoms with Crippen molar-refractivity contribution < 1.29 is 31.2 Å². The van der Waals surface area contributed by atoms with E-state index < -0.39 is 0 Å². The predicted octanol–water partition coefficient (Wildman–Crippen LogP) is 5.15. The van der Waals surface area contributed by atoms with Crippen LogP contribution in [0.3, 0.4) is 0 Å². The zero-order valence-corrected chi connectivity index (χ0v) is 24.6. The molecule has 0 unspecified atom stereocenters. The number of hydrogen-bond donors (Lipinski definition) is 0. The Morgan fingerprint density at radius 3 is 1.15 bits per heavy atom. The third-order valence-corrected chi connectivity index (χ3v) is 7.02. The first kappa shape index (κ1) is 30.5. The van der Waals surface area contributed by atoms with Crippen molar-refractivity contribution in [2.75, 3.05) is 22.9 Å². The molecule has 0 aliphatic carbocycles. The van der Waals surface area contributed by atoms with Crippen LogP contribution < -0.4 is 22.2 Å². The third kappa shape index (κ3) is 6.57. The Bertz CT molecular complexity index is 836. The van der Waals surface area contributed by atoms with E-state index in [9.17, 15) is 0 Å². The summed E-state index contributed by atoms with van der Waals surface area (Å²) >= 11 is 3.70. The summed E-state index contributed by atoms with van der Waals surface area (Å²) in [6.45, 7) is 26.9. The number of para-hydroxylation sites is 2. The zero-order valence-electron chi connectivity index (χ0n) is 22.3. The fourth-order valence-electron chi connectivity index (χ4n) is 4.56. The van der Waals surface area contributed by atoms with E-state index >= 15 is 0 Å². The molecular weight excluding hydrogens is 530 g/mol. The molecule has 1 fully saturated rings. The van der Waals surface area contributed by atoms with Crippen molar-refractivity contribution in [3.63, 3.8) is 0 Å². The molecule has 3 rings (SSSR count). The van der Waals surface area contributed by atoms with Gasteiger partial charge >= 0.3 is 195 Å². The topological polar surface area (TPSA) is 6.48 Å². The van der Waals surface area contributed by atoms with E-state index in [-0.39, 0.29) is 12.4 Å². The van der Waals surface area contributed by atoms with Crippen molar-refractivity contribution in [3.8, 4) is 0 Å². The first-order valence-corrected chi connectivity index (χ1v) is 13.0. The van der Waals surface area contributed by atoms with Gasteiger partial charge in [-0.15, -0.1) is 0 Å². The average molecular weight is 574 g/mol. The second-order valence-electron chi connectivity index (χ2n) is 10.0. The molecule has 0 N–H and O–H groups in total. The molecule has 0 atom stereocenters. The maximum absolute atomic E-state index is 3.70. The number of nitrogens with zero attached hydrogens (tertiary/aromatic N) is 2. The van der Waals surface area contributed by atoms with Crippen molar-refractivity contribution in [1.29, 1.82) is 0 Å². The Balaban J connectivity index is 0.00000137. The Labute approximate surface area is 226 Å². The first-order valence-electron chi connectivity index (χ1n) is 12.3. The van der Waals surface area contributed by atoms with E-state index in [4.69, 9.17) is 0 Å². The van der Waals surface area contributed by atoms with Gasteiger partial charge in [0.2, 0.25) is 0 Å². The molecule has 34 heavy (non-hydrogen) atoms. The van der Waals surface area contributed by atoms with E-state index in [1.54, 1.807) is 0 Å². The van der Waals surface area contributed by atoms with Gasteiger partial charge in [-0.25, -0.2) is 19.6 Å². The summed E-state index contributed by atoms with van der Waals surface area (Å²) < 4.78 is 1.21. The molecule has 0 aromatic heterocycles. The minimum absolute atomic E-state index is 0. The molecular formula is C30H43ClN2Pd-2. The van der Waals surface area contributed by atoms with Crippen LogP contribution in [-0.2, 0) is 18.7 Å². The molecule has 0 saturated carbocycles. The predicted molar refractivity (Wildman–Crippen MR) is 144 cm³/mol. The van der Waals surface area contributed by atoms with Gasteiger partial charge in [-0.05, 0) is 0 Å². The molecule has 2 aromatic rings. The standard InChI is InChI=1S/C27H38N2.C3H5.ClH.Pd/c1-18(2)22-11-9-12-23(19(3)4)26(22)28-15-16-29(17-28)27-24(20(5)6)13-10-14-25(27)21(7)8;1-3-2;;/h9-14,18-21H,15-16H2,1-8H3;3H,1-2H2;1H;/q;-1;;/p-1. The minimum atomic E-state index is 0. The number of rotatable bonds is 6. The van der Waals surface area contributed by atoms with Crippen molar-refractivity contribution in [2.45, 2.75) is 79.1 Å². The maximum Gasteiger partial charge on any atom is -1.00 e. The number of hydrogen-bond acceptors (Lipinski definition) is 2. The summed E-state index contributed by atoms with van der Waals surface area (Å²) in [6, 6.07) is 13.7. The van der Waals surface area contributed by atoms with Gasteiger partial charge < -0.3 is 12.4 Å². The van der Waals surface area contributed by atoms with E-state index in [0.717, 1.165) is 13.1 Å². The number of anilines is 2. The Kier molecular flexibility index (Phi) is 12.1.